The van der Waals surface area contributed by atoms with Gasteiger partial charge in [-0.1, -0.05) is 29.8 Å². The Kier molecular flexibility index (Phi) is 4.40. The summed E-state index contributed by atoms with van der Waals surface area (Å²) in [6.07, 6.45) is 8.48. The highest BCUT2D eigenvalue weighted by Crippen LogP contribution is 2.33. The lowest BCUT2D eigenvalue weighted by molar-refractivity contribution is 0.198. The van der Waals surface area contributed by atoms with E-state index in [2.05, 4.69) is 57.6 Å². The number of hydrogen-bond acceptors (Lipinski definition) is 3. The molecular formula is C20H25N5. The molecule has 1 aliphatic heterocycles. The molecule has 0 saturated carbocycles. The van der Waals surface area contributed by atoms with Gasteiger partial charge in [0.05, 0.1) is 12.4 Å². The van der Waals surface area contributed by atoms with Gasteiger partial charge in [0.15, 0.2) is 0 Å². The molecule has 0 spiro atoms. The Morgan fingerprint density at radius 2 is 2.04 bits per heavy atom. The van der Waals surface area contributed by atoms with Gasteiger partial charge in [0, 0.05) is 49.1 Å². The standard InChI is InChI=1S/C20H25N5/c1-15-5-7-17(8-6-15)19-11-21-23-20(19)18-4-3-9-25(14-18)13-16-10-22-24(2)12-16/h5-8,10-12,18H,3-4,9,13-14H2,1-2H3,(H,21,23). The molecule has 4 rings (SSSR count). The van der Waals surface area contributed by atoms with Gasteiger partial charge in [-0.25, -0.2) is 0 Å². The summed E-state index contributed by atoms with van der Waals surface area (Å²) >= 11 is 0. The summed E-state index contributed by atoms with van der Waals surface area (Å²) in [6, 6.07) is 8.73. The van der Waals surface area contributed by atoms with E-state index in [0.717, 1.165) is 19.6 Å². The number of rotatable bonds is 4. The van der Waals surface area contributed by atoms with Crippen molar-refractivity contribution in [2.24, 2.45) is 7.05 Å². The average molecular weight is 335 g/mol. The molecule has 0 radical (unpaired) electrons. The third-order valence-electron chi connectivity index (χ3n) is 5.11. The topological polar surface area (TPSA) is 49.7 Å². The van der Waals surface area contributed by atoms with Crippen LogP contribution in [0.1, 0.15) is 35.6 Å². The van der Waals surface area contributed by atoms with Gasteiger partial charge in [0.1, 0.15) is 0 Å². The molecule has 1 fully saturated rings. The lowest BCUT2D eigenvalue weighted by atomic mass is 9.90. The summed E-state index contributed by atoms with van der Waals surface area (Å²) in [5.74, 6) is 0.504. The van der Waals surface area contributed by atoms with Crippen LogP contribution in [0.3, 0.4) is 0 Å². The van der Waals surface area contributed by atoms with Crippen LogP contribution in [0.2, 0.25) is 0 Å². The lowest BCUT2D eigenvalue weighted by Gasteiger charge is -2.32. The molecule has 3 aromatic rings. The molecular weight excluding hydrogens is 310 g/mol. The van der Waals surface area contributed by atoms with Crippen molar-refractivity contribution in [3.8, 4) is 11.1 Å². The molecule has 5 nitrogen and oxygen atoms in total. The Morgan fingerprint density at radius 1 is 1.20 bits per heavy atom. The monoisotopic (exact) mass is 335 g/mol. The molecule has 25 heavy (non-hydrogen) atoms. The number of nitrogens with zero attached hydrogens (tertiary/aromatic N) is 4. The van der Waals surface area contributed by atoms with Crippen molar-refractivity contribution in [2.75, 3.05) is 13.1 Å². The fourth-order valence-electron chi connectivity index (χ4n) is 3.82. The number of H-pyrrole nitrogens is 1. The molecule has 1 unspecified atom stereocenters. The smallest absolute Gasteiger partial charge is 0.0568 e. The highest BCUT2D eigenvalue weighted by Gasteiger charge is 2.25. The van der Waals surface area contributed by atoms with E-state index in [1.807, 2.05) is 24.1 Å². The van der Waals surface area contributed by atoms with Gasteiger partial charge < -0.3 is 0 Å². The summed E-state index contributed by atoms with van der Waals surface area (Å²) < 4.78 is 1.88. The fraction of sp³-hybridized carbons (Fsp3) is 0.400. The van der Waals surface area contributed by atoms with E-state index in [9.17, 15) is 0 Å². The number of aromatic nitrogens is 4. The molecule has 130 valence electrons. The summed E-state index contributed by atoms with van der Waals surface area (Å²) in [4.78, 5) is 2.53. The zero-order chi connectivity index (χ0) is 17.2. The second-order valence-electron chi connectivity index (χ2n) is 7.16. The Balaban J connectivity index is 1.52. The van der Waals surface area contributed by atoms with Crippen LogP contribution in [0.5, 0.6) is 0 Å². The number of aryl methyl sites for hydroxylation is 2. The van der Waals surface area contributed by atoms with Crippen LogP contribution >= 0.6 is 0 Å². The van der Waals surface area contributed by atoms with E-state index in [1.54, 1.807) is 0 Å². The minimum Gasteiger partial charge on any atom is -0.298 e. The quantitative estimate of drug-likeness (QED) is 0.794. The second-order valence-corrected chi connectivity index (χ2v) is 7.16. The predicted molar refractivity (Wildman–Crippen MR) is 99.2 cm³/mol. The SMILES string of the molecule is Cc1ccc(-c2cn[nH]c2C2CCCN(Cc3cnn(C)c3)C2)cc1. The van der Waals surface area contributed by atoms with E-state index in [0.29, 0.717) is 5.92 Å². The van der Waals surface area contributed by atoms with Crippen molar-refractivity contribution in [2.45, 2.75) is 32.2 Å². The normalized spacial score (nSPS) is 18.6. The van der Waals surface area contributed by atoms with E-state index in [1.165, 1.54) is 40.8 Å². The Morgan fingerprint density at radius 3 is 2.80 bits per heavy atom. The number of benzene rings is 1. The first kappa shape index (κ1) is 16.1. The van der Waals surface area contributed by atoms with Crippen LogP contribution < -0.4 is 0 Å². The molecule has 2 aromatic heterocycles. The molecule has 5 heteroatoms. The Hall–Kier alpha value is -2.40. The first-order chi connectivity index (χ1) is 12.2. The Bertz CT molecular complexity index is 830. The molecule has 1 atom stereocenters. The number of likely N-dealkylation sites (tertiary alicyclic amines) is 1. The summed E-state index contributed by atoms with van der Waals surface area (Å²) in [7, 11) is 1.97. The summed E-state index contributed by atoms with van der Waals surface area (Å²) in [6.45, 7) is 5.31. The highest BCUT2D eigenvalue weighted by atomic mass is 15.2. The summed E-state index contributed by atoms with van der Waals surface area (Å²) in [5.41, 5.74) is 6.34. The molecule has 0 aliphatic carbocycles. The van der Waals surface area contributed by atoms with Gasteiger partial charge >= 0.3 is 0 Å². The van der Waals surface area contributed by atoms with Crippen LogP contribution in [0.25, 0.3) is 11.1 Å². The third kappa shape index (κ3) is 3.51. The van der Waals surface area contributed by atoms with E-state index < -0.39 is 0 Å². The van der Waals surface area contributed by atoms with Crippen LogP contribution in [-0.4, -0.2) is 38.0 Å². The average Bonchev–Trinajstić information content (AvgIpc) is 3.25. The maximum atomic E-state index is 4.35. The maximum absolute atomic E-state index is 4.35. The van der Waals surface area contributed by atoms with Crippen molar-refractivity contribution < 1.29 is 0 Å². The molecule has 1 aromatic carbocycles. The second kappa shape index (κ2) is 6.84. The minimum atomic E-state index is 0.504. The highest BCUT2D eigenvalue weighted by molar-refractivity contribution is 5.66. The van der Waals surface area contributed by atoms with Crippen molar-refractivity contribution in [3.05, 3.63) is 59.7 Å². The number of aromatic amines is 1. The number of nitrogens with one attached hydrogen (secondary N) is 1. The van der Waals surface area contributed by atoms with Gasteiger partial charge in [0.25, 0.3) is 0 Å². The maximum Gasteiger partial charge on any atom is 0.0568 e. The lowest BCUT2D eigenvalue weighted by Crippen LogP contribution is -2.34. The number of hydrogen-bond donors (Lipinski definition) is 1. The molecule has 0 bridgehead atoms. The van der Waals surface area contributed by atoms with Crippen molar-refractivity contribution in [1.29, 1.82) is 0 Å². The number of piperidine rings is 1. The first-order valence-electron chi connectivity index (χ1n) is 8.99. The van der Waals surface area contributed by atoms with Gasteiger partial charge in [-0.05, 0) is 31.9 Å². The van der Waals surface area contributed by atoms with Gasteiger partial charge in [0.2, 0.25) is 0 Å². The van der Waals surface area contributed by atoms with Gasteiger partial charge in [-0.2, -0.15) is 10.2 Å². The van der Waals surface area contributed by atoms with Crippen LogP contribution in [0.4, 0.5) is 0 Å². The molecule has 1 saturated heterocycles. The summed E-state index contributed by atoms with van der Waals surface area (Å²) in [5, 5.41) is 11.9. The van der Waals surface area contributed by atoms with E-state index in [-0.39, 0.29) is 0 Å². The zero-order valence-electron chi connectivity index (χ0n) is 14.9. The first-order valence-corrected chi connectivity index (χ1v) is 8.99. The van der Waals surface area contributed by atoms with Crippen LogP contribution in [0.15, 0.2) is 42.9 Å². The molecule has 3 heterocycles. The van der Waals surface area contributed by atoms with E-state index in [4.69, 9.17) is 0 Å². The van der Waals surface area contributed by atoms with Crippen molar-refractivity contribution in [1.82, 2.24) is 24.9 Å². The van der Waals surface area contributed by atoms with Crippen molar-refractivity contribution >= 4 is 0 Å². The predicted octanol–water partition coefficient (Wildman–Crippen LogP) is 3.50. The van der Waals surface area contributed by atoms with Gasteiger partial charge in [-0.3, -0.25) is 14.7 Å². The van der Waals surface area contributed by atoms with E-state index >= 15 is 0 Å². The largest absolute Gasteiger partial charge is 0.298 e. The molecule has 1 aliphatic rings. The fourth-order valence-corrected chi connectivity index (χ4v) is 3.82. The third-order valence-corrected chi connectivity index (χ3v) is 5.11. The van der Waals surface area contributed by atoms with Gasteiger partial charge in [-0.15, -0.1) is 0 Å². The minimum absolute atomic E-state index is 0.504. The molecule has 0 amide bonds. The van der Waals surface area contributed by atoms with Crippen LogP contribution in [-0.2, 0) is 13.6 Å². The zero-order valence-corrected chi connectivity index (χ0v) is 14.9. The van der Waals surface area contributed by atoms with Crippen LogP contribution in [0, 0.1) is 6.92 Å². The van der Waals surface area contributed by atoms with Crippen molar-refractivity contribution in [3.63, 3.8) is 0 Å². The molecule has 1 N–H and O–H groups in total. The Labute approximate surface area is 148 Å².